The zero-order valence-corrected chi connectivity index (χ0v) is 18.0. The molecule has 0 bridgehead atoms. The van der Waals surface area contributed by atoms with E-state index < -0.39 is 15.8 Å². The molecule has 0 aliphatic rings. The lowest BCUT2D eigenvalue weighted by Crippen LogP contribution is -2.26. The van der Waals surface area contributed by atoms with Crippen molar-refractivity contribution in [2.45, 2.75) is 18.2 Å². The maximum atomic E-state index is 13.0. The summed E-state index contributed by atoms with van der Waals surface area (Å²) in [6.45, 7) is 2.14. The monoisotopic (exact) mass is 442 g/mol. The quantitative estimate of drug-likeness (QED) is 0.554. The second-order valence-corrected chi connectivity index (χ2v) is 8.63. The van der Waals surface area contributed by atoms with Crippen molar-refractivity contribution in [2.75, 3.05) is 18.4 Å². The summed E-state index contributed by atoms with van der Waals surface area (Å²) in [7, 11) is -2.34. The number of anilines is 1. The summed E-state index contributed by atoms with van der Waals surface area (Å²) in [5, 5.41) is 2.82. The van der Waals surface area contributed by atoms with Crippen LogP contribution in [-0.2, 0) is 16.4 Å². The maximum absolute atomic E-state index is 13.0. The average Bonchev–Trinajstić information content (AvgIpc) is 2.75. The summed E-state index contributed by atoms with van der Waals surface area (Å²) in [5.74, 6) is -0.0626. The van der Waals surface area contributed by atoms with E-state index in [9.17, 15) is 17.6 Å². The number of benzene rings is 3. The summed E-state index contributed by atoms with van der Waals surface area (Å²) >= 11 is 0. The van der Waals surface area contributed by atoms with Gasteiger partial charge in [0.15, 0.2) is 0 Å². The number of amides is 1. The minimum absolute atomic E-state index is 0.0530. The van der Waals surface area contributed by atoms with Crippen LogP contribution in [0.15, 0.2) is 71.6 Å². The third-order valence-corrected chi connectivity index (χ3v) is 6.10. The Balaban J connectivity index is 1.68. The zero-order chi connectivity index (χ0) is 22.4. The van der Waals surface area contributed by atoms with Crippen LogP contribution in [0.2, 0.25) is 0 Å². The van der Waals surface area contributed by atoms with Gasteiger partial charge in [0.25, 0.3) is 15.9 Å². The number of aryl methyl sites for hydroxylation is 1. The highest BCUT2D eigenvalue weighted by molar-refractivity contribution is 7.92. The number of rotatable bonds is 8. The van der Waals surface area contributed by atoms with Crippen molar-refractivity contribution in [3.63, 3.8) is 0 Å². The van der Waals surface area contributed by atoms with E-state index in [2.05, 4.69) is 10.0 Å². The molecule has 0 aliphatic carbocycles. The molecule has 0 aromatic heterocycles. The molecule has 0 saturated heterocycles. The second kappa shape index (κ2) is 9.61. The lowest BCUT2D eigenvalue weighted by atomic mass is 10.1. The number of hydrogen-bond acceptors (Lipinski definition) is 4. The highest BCUT2D eigenvalue weighted by Crippen LogP contribution is 2.20. The minimum atomic E-state index is -3.93. The molecular weight excluding hydrogens is 419 g/mol. The first-order chi connectivity index (χ1) is 14.8. The Kier molecular flexibility index (Phi) is 6.91. The molecule has 0 radical (unpaired) electrons. The molecule has 8 heteroatoms. The van der Waals surface area contributed by atoms with Crippen molar-refractivity contribution in [3.05, 3.63) is 89.2 Å². The van der Waals surface area contributed by atoms with E-state index in [1.54, 1.807) is 20.1 Å². The van der Waals surface area contributed by atoms with Crippen molar-refractivity contribution in [1.82, 2.24) is 5.32 Å². The van der Waals surface area contributed by atoms with Gasteiger partial charge in [-0.05, 0) is 73.0 Å². The van der Waals surface area contributed by atoms with Gasteiger partial charge in [0, 0.05) is 17.8 Å². The minimum Gasteiger partial charge on any atom is -0.497 e. The van der Waals surface area contributed by atoms with Gasteiger partial charge in [0.2, 0.25) is 0 Å². The molecule has 0 heterocycles. The number of carbonyl (C=O) groups is 1. The number of sulfonamides is 1. The average molecular weight is 443 g/mol. The third kappa shape index (κ3) is 5.82. The number of hydrogen-bond donors (Lipinski definition) is 2. The highest BCUT2D eigenvalue weighted by atomic mass is 32.2. The Hall–Kier alpha value is -3.39. The third-order valence-electron chi connectivity index (χ3n) is 4.72. The van der Waals surface area contributed by atoms with Crippen LogP contribution in [0.4, 0.5) is 10.1 Å². The van der Waals surface area contributed by atoms with Gasteiger partial charge in [-0.1, -0.05) is 18.2 Å². The van der Waals surface area contributed by atoms with Crippen LogP contribution in [0, 0.1) is 12.7 Å². The molecule has 162 valence electrons. The lowest BCUT2D eigenvalue weighted by molar-refractivity contribution is 0.0953. The number of methoxy groups -OCH3 is 1. The highest BCUT2D eigenvalue weighted by Gasteiger charge is 2.18. The van der Waals surface area contributed by atoms with Gasteiger partial charge >= 0.3 is 0 Å². The van der Waals surface area contributed by atoms with Crippen molar-refractivity contribution in [2.24, 2.45) is 0 Å². The Morgan fingerprint density at radius 2 is 1.68 bits per heavy atom. The second-order valence-electron chi connectivity index (χ2n) is 6.94. The van der Waals surface area contributed by atoms with Gasteiger partial charge in [-0.3, -0.25) is 9.52 Å². The van der Waals surface area contributed by atoms with Gasteiger partial charge in [-0.25, -0.2) is 12.8 Å². The summed E-state index contributed by atoms with van der Waals surface area (Å²) in [5.41, 5.74) is 2.20. The van der Waals surface area contributed by atoms with Crippen LogP contribution >= 0.6 is 0 Å². The molecule has 0 atom stereocenters. The van der Waals surface area contributed by atoms with Crippen LogP contribution < -0.4 is 14.8 Å². The number of halogens is 1. The predicted molar refractivity (Wildman–Crippen MR) is 117 cm³/mol. The van der Waals surface area contributed by atoms with Gasteiger partial charge in [0.05, 0.1) is 12.0 Å². The van der Waals surface area contributed by atoms with Crippen molar-refractivity contribution in [3.8, 4) is 5.75 Å². The molecule has 1 amide bonds. The van der Waals surface area contributed by atoms with Crippen molar-refractivity contribution in [1.29, 1.82) is 0 Å². The maximum Gasteiger partial charge on any atom is 0.261 e. The van der Waals surface area contributed by atoms with E-state index in [1.807, 2.05) is 24.3 Å². The first kappa shape index (κ1) is 22.3. The largest absolute Gasteiger partial charge is 0.497 e. The first-order valence-corrected chi connectivity index (χ1v) is 11.1. The topological polar surface area (TPSA) is 84.5 Å². The van der Waals surface area contributed by atoms with Crippen LogP contribution in [0.25, 0.3) is 0 Å². The Morgan fingerprint density at radius 1 is 1.00 bits per heavy atom. The van der Waals surface area contributed by atoms with Crippen LogP contribution in [-0.4, -0.2) is 28.0 Å². The molecule has 3 aromatic rings. The van der Waals surface area contributed by atoms with Crippen molar-refractivity contribution < 1.29 is 22.3 Å². The van der Waals surface area contributed by atoms with Crippen molar-refractivity contribution >= 4 is 21.6 Å². The molecule has 0 fully saturated rings. The fourth-order valence-electron chi connectivity index (χ4n) is 2.95. The Labute approximate surface area is 181 Å². The van der Waals surface area contributed by atoms with Gasteiger partial charge in [-0.15, -0.1) is 0 Å². The molecule has 3 rings (SSSR count). The molecule has 2 N–H and O–H groups in total. The predicted octanol–water partition coefficient (Wildman–Crippen LogP) is 3.92. The molecule has 3 aromatic carbocycles. The lowest BCUT2D eigenvalue weighted by Gasteiger charge is -2.12. The summed E-state index contributed by atoms with van der Waals surface area (Å²) in [4.78, 5) is 12.6. The molecule has 0 saturated carbocycles. The van der Waals surface area contributed by atoms with E-state index in [4.69, 9.17) is 4.74 Å². The van der Waals surface area contributed by atoms with Crippen LogP contribution in [0.1, 0.15) is 21.5 Å². The zero-order valence-electron chi connectivity index (χ0n) is 17.2. The molecular formula is C23H23FN2O4S. The van der Waals surface area contributed by atoms with E-state index in [0.29, 0.717) is 18.5 Å². The van der Waals surface area contributed by atoms with Crippen LogP contribution in [0.5, 0.6) is 5.75 Å². The Bertz CT molecular complexity index is 1160. The number of carbonyl (C=O) groups excluding carboxylic acids is 1. The van der Waals surface area contributed by atoms with Gasteiger partial charge < -0.3 is 10.1 Å². The molecule has 6 nitrogen and oxygen atoms in total. The van der Waals surface area contributed by atoms with E-state index in [-0.39, 0.29) is 22.1 Å². The van der Waals surface area contributed by atoms with E-state index >= 15 is 0 Å². The number of ether oxygens (including phenoxy) is 1. The summed E-state index contributed by atoms with van der Waals surface area (Å²) in [6.07, 6.45) is 0.624. The standard InChI is InChI=1S/C23H23FN2O4S/c1-16-3-12-21(31(28,29)26-19-8-6-18(24)7-9-19)15-22(16)23(27)25-14-13-17-4-10-20(30-2)11-5-17/h3-12,15,26H,13-14H2,1-2H3,(H,25,27). The van der Waals surface area contributed by atoms with Gasteiger partial charge in [0.1, 0.15) is 11.6 Å². The fourth-order valence-corrected chi connectivity index (χ4v) is 4.04. The van der Waals surface area contributed by atoms with E-state index in [1.165, 1.54) is 24.3 Å². The molecule has 31 heavy (non-hydrogen) atoms. The molecule has 0 unspecified atom stereocenters. The summed E-state index contributed by atoms with van der Waals surface area (Å²) < 4.78 is 45.9. The van der Waals surface area contributed by atoms with E-state index in [0.717, 1.165) is 23.4 Å². The molecule has 0 aliphatic heterocycles. The smallest absolute Gasteiger partial charge is 0.261 e. The first-order valence-electron chi connectivity index (χ1n) is 9.58. The summed E-state index contributed by atoms with van der Waals surface area (Å²) in [6, 6.07) is 16.9. The molecule has 0 spiro atoms. The SMILES string of the molecule is COc1ccc(CCNC(=O)c2cc(S(=O)(=O)Nc3ccc(F)cc3)ccc2C)cc1. The van der Waals surface area contributed by atoms with Gasteiger partial charge in [-0.2, -0.15) is 0 Å². The Morgan fingerprint density at radius 3 is 2.32 bits per heavy atom. The number of nitrogens with one attached hydrogen (secondary N) is 2. The van der Waals surface area contributed by atoms with Crippen LogP contribution in [0.3, 0.4) is 0 Å². The fraction of sp³-hybridized carbons (Fsp3) is 0.174. The normalized spacial score (nSPS) is 11.1.